The van der Waals surface area contributed by atoms with Gasteiger partial charge in [-0.1, -0.05) is 282 Å². The number of hydrogen-bond donors (Lipinski definition) is 0. The Balaban J connectivity index is 3.14. The molecule has 0 atom stereocenters. The maximum atomic E-state index is 2.42. The summed E-state index contributed by atoms with van der Waals surface area (Å²) in [5.74, 6) is 4.73. The lowest BCUT2D eigenvalue weighted by Gasteiger charge is -2.04. The molecule has 0 spiro atoms. The summed E-state index contributed by atoms with van der Waals surface area (Å²) in [7, 11) is 1.38. The Hall–Kier alpha value is -0.0900. The van der Waals surface area contributed by atoms with E-state index in [4.69, 9.17) is 0 Å². The minimum atomic E-state index is 1.28. The van der Waals surface area contributed by atoms with Crippen LogP contribution in [0.25, 0.3) is 0 Å². The van der Waals surface area contributed by atoms with Crippen molar-refractivity contribution in [2.24, 2.45) is 0 Å². The van der Waals surface area contributed by atoms with Crippen molar-refractivity contribution in [2.45, 2.75) is 284 Å². The van der Waals surface area contributed by atoms with Crippen LogP contribution >= 0.6 is 8.58 Å². The van der Waals surface area contributed by atoms with Gasteiger partial charge in [0.2, 0.25) is 0 Å². The molecule has 0 aliphatic heterocycles. The van der Waals surface area contributed by atoms with E-state index < -0.39 is 0 Å². The molecule has 0 N–H and O–H groups in total. The van der Waals surface area contributed by atoms with Crippen LogP contribution in [-0.2, 0) is 0 Å². The summed E-state index contributed by atoms with van der Waals surface area (Å²) < 4.78 is 0. The highest BCUT2D eigenvalue weighted by Gasteiger charge is 1.97. The molecule has 49 heavy (non-hydrogen) atoms. The topological polar surface area (TPSA) is 0 Å². The van der Waals surface area contributed by atoms with Gasteiger partial charge in [-0.25, -0.2) is 0 Å². The van der Waals surface area contributed by atoms with E-state index in [0.29, 0.717) is 0 Å². The molecule has 0 rings (SSSR count). The lowest BCUT2D eigenvalue weighted by Crippen LogP contribution is -1.84. The van der Waals surface area contributed by atoms with Crippen molar-refractivity contribution in [3.8, 4) is 0 Å². The van der Waals surface area contributed by atoms with Crippen molar-refractivity contribution in [1.29, 1.82) is 0 Å². The molecular formula is C48H94P. The van der Waals surface area contributed by atoms with Gasteiger partial charge in [-0.05, 0) is 34.3 Å². The molecule has 0 fully saturated rings. The Morgan fingerprint density at radius 2 is 0.388 bits per heavy atom. The van der Waals surface area contributed by atoms with Crippen molar-refractivity contribution in [1.82, 2.24) is 0 Å². The molecule has 0 unspecified atom stereocenters. The van der Waals surface area contributed by atoms with E-state index in [1.54, 1.807) is 0 Å². The minimum absolute atomic E-state index is 1.28. The average Bonchev–Trinajstić information content (AvgIpc) is 3.11. The van der Waals surface area contributed by atoms with Gasteiger partial charge >= 0.3 is 0 Å². The largest absolute Gasteiger partial charge is 0.0834 e. The lowest BCUT2D eigenvalue weighted by molar-refractivity contribution is 0.522. The van der Waals surface area contributed by atoms with Crippen molar-refractivity contribution < 1.29 is 0 Å². The highest BCUT2D eigenvalue weighted by Crippen LogP contribution is 2.19. The number of allylic oxidation sites excluding steroid dienone is 2. The van der Waals surface area contributed by atoms with Gasteiger partial charge in [0.05, 0.1) is 0 Å². The molecule has 291 valence electrons. The maximum absolute atomic E-state index is 2.42. The van der Waals surface area contributed by atoms with E-state index in [0.717, 1.165) is 0 Å². The molecule has 1 heteroatoms. The first-order chi connectivity index (χ1) is 24.4. The quantitative estimate of drug-likeness (QED) is 0.0438. The third kappa shape index (κ3) is 47.9. The lowest BCUT2D eigenvalue weighted by atomic mass is 10.0. The molecular weight excluding hydrogens is 608 g/mol. The zero-order chi connectivity index (χ0) is 35.2. The van der Waals surface area contributed by atoms with Gasteiger partial charge in [-0.3, -0.25) is 0 Å². The third-order valence-electron chi connectivity index (χ3n) is 10.8. The van der Waals surface area contributed by atoms with Crippen LogP contribution in [0.5, 0.6) is 0 Å². The van der Waals surface area contributed by atoms with E-state index in [1.165, 1.54) is 278 Å². The second-order valence-electron chi connectivity index (χ2n) is 15.9. The predicted molar refractivity (Wildman–Crippen MR) is 230 cm³/mol. The van der Waals surface area contributed by atoms with Gasteiger partial charge in [0, 0.05) is 0 Å². The minimum Gasteiger partial charge on any atom is -0.0834 e. The van der Waals surface area contributed by atoms with E-state index in [1.807, 2.05) is 0 Å². The molecule has 0 amide bonds. The molecule has 0 aromatic carbocycles. The molecule has 0 saturated carbocycles. The summed E-state index contributed by atoms with van der Waals surface area (Å²) in [5.41, 5.74) is 0. The molecule has 0 aliphatic rings. The normalized spacial score (nSPS) is 12.2. The van der Waals surface area contributed by atoms with Gasteiger partial charge in [-0.2, -0.15) is 0 Å². The van der Waals surface area contributed by atoms with Gasteiger partial charge < -0.3 is 0 Å². The molecule has 0 nitrogen and oxygen atoms in total. The maximum Gasteiger partial charge on any atom is -0.0267 e. The van der Waals surface area contributed by atoms with Crippen LogP contribution in [0, 0.1) is 0 Å². The monoisotopic (exact) mass is 702 g/mol. The SMILES string of the molecule is CCCCCCCCCCCCCCCCCCCCCCC=C[P]C=CCCCCCCCCCCCCCCCCCCCCCC. The van der Waals surface area contributed by atoms with Crippen molar-refractivity contribution in [2.75, 3.05) is 0 Å². The highest BCUT2D eigenvalue weighted by atomic mass is 31.1. The van der Waals surface area contributed by atoms with Gasteiger partial charge in [0.25, 0.3) is 0 Å². The fraction of sp³-hybridized carbons (Fsp3) is 0.917. The van der Waals surface area contributed by atoms with E-state index in [9.17, 15) is 0 Å². The summed E-state index contributed by atoms with van der Waals surface area (Å²) in [5, 5.41) is 0. The third-order valence-corrected chi connectivity index (χ3v) is 11.6. The first-order valence-electron chi connectivity index (χ1n) is 23.4. The average molecular weight is 702 g/mol. The summed E-state index contributed by atoms with van der Waals surface area (Å²) in [6.07, 6.45) is 65.9. The number of hydrogen-bond acceptors (Lipinski definition) is 0. The van der Waals surface area contributed by atoms with E-state index >= 15 is 0 Å². The molecule has 0 aromatic rings. The van der Waals surface area contributed by atoms with Crippen LogP contribution in [0.2, 0.25) is 0 Å². The summed E-state index contributed by atoms with van der Waals surface area (Å²) in [6.45, 7) is 4.62. The fourth-order valence-corrected chi connectivity index (χ4v) is 8.00. The Bertz CT molecular complexity index is 554. The zero-order valence-corrected chi connectivity index (χ0v) is 35.3. The van der Waals surface area contributed by atoms with Crippen LogP contribution in [0.1, 0.15) is 284 Å². The smallest absolute Gasteiger partial charge is 0.0267 e. The first kappa shape index (κ1) is 48.9. The molecule has 1 radical (unpaired) electrons. The Labute approximate surface area is 314 Å². The Morgan fingerprint density at radius 3 is 0.571 bits per heavy atom. The number of rotatable bonds is 44. The van der Waals surface area contributed by atoms with Crippen molar-refractivity contribution >= 4 is 8.58 Å². The van der Waals surface area contributed by atoms with Crippen LogP contribution < -0.4 is 0 Å². The van der Waals surface area contributed by atoms with E-state index in [-0.39, 0.29) is 0 Å². The molecule has 0 saturated heterocycles. The predicted octanol–water partition coefficient (Wildman–Crippen LogP) is 19.4. The molecule has 0 heterocycles. The van der Waals surface area contributed by atoms with Crippen LogP contribution in [0.4, 0.5) is 0 Å². The van der Waals surface area contributed by atoms with E-state index in [2.05, 4.69) is 37.6 Å². The Morgan fingerprint density at radius 1 is 0.224 bits per heavy atom. The van der Waals surface area contributed by atoms with Gasteiger partial charge in [-0.15, -0.1) is 0 Å². The van der Waals surface area contributed by atoms with Gasteiger partial charge in [0.1, 0.15) is 0 Å². The number of unbranched alkanes of at least 4 members (excludes halogenated alkanes) is 40. The molecule has 0 bridgehead atoms. The summed E-state index contributed by atoms with van der Waals surface area (Å²) in [4.78, 5) is 0. The van der Waals surface area contributed by atoms with Gasteiger partial charge in [0.15, 0.2) is 0 Å². The summed E-state index contributed by atoms with van der Waals surface area (Å²) >= 11 is 0. The Kier molecular flexibility index (Phi) is 47.8. The van der Waals surface area contributed by atoms with Crippen molar-refractivity contribution in [3.63, 3.8) is 0 Å². The standard InChI is InChI=1S/C48H94P/c1-3-5-7-9-11-13-15-17-19-21-23-25-27-29-31-33-35-37-39-41-43-45-47-49-48-46-44-42-40-38-36-34-32-30-28-26-24-22-20-18-16-14-12-10-8-6-4-2/h45-48H,3-44H2,1-2H3. The second-order valence-corrected chi connectivity index (χ2v) is 16.8. The molecule has 0 aromatic heterocycles. The van der Waals surface area contributed by atoms with Crippen LogP contribution in [0.15, 0.2) is 23.8 Å². The zero-order valence-electron chi connectivity index (χ0n) is 34.5. The van der Waals surface area contributed by atoms with Crippen LogP contribution in [0.3, 0.4) is 0 Å². The summed E-state index contributed by atoms with van der Waals surface area (Å²) in [6, 6.07) is 0. The first-order valence-corrected chi connectivity index (χ1v) is 24.4. The fourth-order valence-electron chi connectivity index (χ4n) is 7.36. The molecule has 0 aliphatic carbocycles. The van der Waals surface area contributed by atoms with Crippen LogP contribution in [-0.4, -0.2) is 0 Å². The highest BCUT2D eigenvalue weighted by molar-refractivity contribution is 7.45. The second kappa shape index (κ2) is 47.9. The van der Waals surface area contributed by atoms with Crippen molar-refractivity contribution in [3.05, 3.63) is 23.8 Å².